The van der Waals surface area contributed by atoms with Gasteiger partial charge in [0.15, 0.2) is 0 Å². The highest BCUT2D eigenvalue weighted by molar-refractivity contribution is 5.81. The molecule has 9 aliphatic heterocycles. The maximum Gasteiger partial charge on any atom is 0.225 e. The molecule has 0 bridgehead atoms. The molecule has 9 fully saturated rings. The number of carbonyl (C=O) groups is 7. The number of nitrogens with two attached hydrogens (primary N) is 1. The summed E-state index contributed by atoms with van der Waals surface area (Å²) in [5.41, 5.74) is 10.0. The molecule has 22 nitrogen and oxygen atoms in total. The van der Waals surface area contributed by atoms with E-state index < -0.39 is 0 Å². The lowest BCUT2D eigenvalue weighted by Crippen LogP contribution is -2.64. The summed E-state index contributed by atoms with van der Waals surface area (Å²) in [4.78, 5) is 98.9. The van der Waals surface area contributed by atoms with Crippen molar-refractivity contribution in [3.63, 3.8) is 0 Å². The lowest BCUT2D eigenvalue weighted by Gasteiger charge is -2.47. The van der Waals surface area contributed by atoms with Gasteiger partial charge in [0.25, 0.3) is 0 Å². The summed E-state index contributed by atoms with van der Waals surface area (Å²) in [5, 5.41) is 14.8. The molecule has 6 unspecified atom stereocenters. The van der Waals surface area contributed by atoms with Gasteiger partial charge in [0.1, 0.15) is 17.3 Å². The molecular weight excluding hydrogens is 1490 g/mol. The van der Waals surface area contributed by atoms with Gasteiger partial charge in [-0.15, -0.1) is 0 Å². The number of carbonyl (C=O) groups excluding carboxylic acids is 7. The number of Topliss-reactive ketones (excluding diaryl/α,β-unsaturated/α-hetero) is 3. The van der Waals surface area contributed by atoms with Crippen molar-refractivity contribution in [2.45, 2.75) is 393 Å². The molecule has 696 valence electrons. The number of allylic oxidation sites excluding steroid dienone is 1. The van der Waals surface area contributed by atoms with Crippen molar-refractivity contribution in [3.8, 4) is 0 Å². The molecule has 9 heterocycles. The van der Waals surface area contributed by atoms with Crippen LogP contribution in [-0.2, 0) is 33.6 Å². The number of rotatable bonds is 16. The van der Waals surface area contributed by atoms with E-state index in [1.54, 1.807) is 41.7 Å². The lowest BCUT2D eigenvalue weighted by atomic mass is 9.90. The number of nitrogens with one attached hydrogen (secondary N) is 5. The predicted octanol–water partition coefficient (Wildman–Crippen LogP) is 14.7. The van der Waals surface area contributed by atoms with Crippen molar-refractivity contribution in [2.75, 3.05) is 131 Å². The Kier molecular flexibility index (Phi) is 48.0. The molecular formula is C97H191N15O7. The molecule has 0 aromatic rings. The number of amides is 4. The van der Waals surface area contributed by atoms with Gasteiger partial charge in [0, 0.05) is 230 Å². The Morgan fingerprint density at radius 1 is 0.336 bits per heavy atom. The van der Waals surface area contributed by atoms with Crippen molar-refractivity contribution in [1.29, 1.82) is 0 Å². The van der Waals surface area contributed by atoms with Gasteiger partial charge in [0.05, 0.1) is 12.0 Å². The highest BCUT2D eigenvalue weighted by atomic mass is 16.2. The number of ketones is 3. The first-order valence-corrected chi connectivity index (χ1v) is 46.3. The molecule has 0 spiro atoms. The van der Waals surface area contributed by atoms with E-state index in [0.29, 0.717) is 64.8 Å². The molecule has 4 amide bonds. The van der Waals surface area contributed by atoms with E-state index in [2.05, 4.69) is 271 Å². The van der Waals surface area contributed by atoms with Crippen LogP contribution in [0.4, 0.5) is 0 Å². The van der Waals surface area contributed by atoms with Gasteiger partial charge in [-0.1, -0.05) is 20.1 Å². The van der Waals surface area contributed by atoms with Crippen LogP contribution < -0.4 is 32.3 Å². The van der Waals surface area contributed by atoms with Crippen molar-refractivity contribution in [1.82, 2.24) is 70.7 Å². The minimum Gasteiger partial charge on any atom is -0.402 e. The molecule has 9 aliphatic rings. The largest absolute Gasteiger partial charge is 0.402 e. The van der Waals surface area contributed by atoms with Gasteiger partial charge in [-0.05, 0) is 323 Å². The van der Waals surface area contributed by atoms with Crippen LogP contribution in [0.2, 0.25) is 0 Å². The summed E-state index contributed by atoms with van der Waals surface area (Å²) >= 11 is 0. The molecule has 0 aromatic heterocycles. The Morgan fingerprint density at radius 3 is 0.992 bits per heavy atom. The Morgan fingerprint density at radius 2 is 0.630 bits per heavy atom. The number of nitrogens with zero attached hydrogens (tertiary/aromatic N) is 9. The fourth-order valence-corrected chi connectivity index (χ4v) is 16.3. The van der Waals surface area contributed by atoms with Gasteiger partial charge in [0.2, 0.25) is 23.6 Å². The monoisotopic (exact) mass is 1680 g/mol. The average Bonchev–Trinajstić information content (AvgIpc) is 1.77. The molecule has 119 heavy (non-hydrogen) atoms. The molecule has 0 radical (unpaired) electrons. The maximum absolute atomic E-state index is 11.5. The van der Waals surface area contributed by atoms with Gasteiger partial charge >= 0.3 is 0 Å². The minimum atomic E-state index is 0.0774. The quantitative estimate of drug-likeness (QED) is 0.0843. The zero-order valence-corrected chi connectivity index (χ0v) is 83.9. The maximum atomic E-state index is 11.5. The summed E-state index contributed by atoms with van der Waals surface area (Å²) in [5.74, 6) is 4.87. The van der Waals surface area contributed by atoms with Crippen LogP contribution in [0.1, 0.15) is 325 Å². The number of hydrogen-bond donors (Lipinski definition) is 6. The zero-order chi connectivity index (χ0) is 92.0. The van der Waals surface area contributed by atoms with Crippen LogP contribution in [0.3, 0.4) is 0 Å². The Hall–Kier alpha value is -4.39. The smallest absolute Gasteiger partial charge is 0.225 e. The topological polar surface area (TPSA) is 235 Å². The second kappa shape index (κ2) is 50.7. The highest BCUT2D eigenvalue weighted by Crippen LogP contribution is 2.32. The van der Waals surface area contributed by atoms with E-state index in [-0.39, 0.29) is 68.3 Å². The van der Waals surface area contributed by atoms with E-state index in [9.17, 15) is 33.6 Å². The molecule has 0 saturated carbocycles. The average molecular weight is 1680 g/mol. The molecule has 7 N–H and O–H groups in total. The third-order valence-electron chi connectivity index (χ3n) is 25.0. The number of likely N-dealkylation sites (tertiary alicyclic amines) is 9. The predicted molar refractivity (Wildman–Crippen MR) is 503 cm³/mol. The second-order valence-corrected chi connectivity index (χ2v) is 45.3. The van der Waals surface area contributed by atoms with Gasteiger partial charge < -0.3 is 41.9 Å². The number of hydrogen-bond acceptors (Lipinski definition) is 18. The molecule has 9 rings (SSSR count). The third-order valence-corrected chi connectivity index (χ3v) is 25.0. The Bertz CT molecular complexity index is 3020. The van der Waals surface area contributed by atoms with Crippen molar-refractivity contribution in [3.05, 3.63) is 24.6 Å². The first-order valence-electron chi connectivity index (χ1n) is 46.3. The summed E-state index contributed by atoms with van der Waals surface area (Å²) in [6.45, 7) is 101. The van der Waals surface area contributed by atoms with Crippen LogP contribution in [0, 0.1) is 35.5 Å². The molecule has 0 aromatic carbocycles. The van der Waals surface area contributed by atoms with Gasteiger partial charge in [-0.3, -0.25) is 68.1 Å². The first-order chi connectivity index (χ1) is 54.2. The fourth-order valence-electron chi connectivity index (χ4n) is 16.3. The second-order valence-electron chi connectivity index (χ2n) is 45.3. The van der Waals surface area contributed by atoms with E-state index in [1.807, 2.05) is 13.8 Å². The van der Waals surface area contributed by atoms with Crippen molar-refractivity contribution >= 4 is 41.0 Å². The Labute approximate surface area is 731 Å². The van der Waals surface area contributed by atoms with Crippen LogP contribution in [-0.4, -0.2) is 284 Å². The highest BCUT2D eigenvalue weighted by Gasteiger charge is 2.40. The summed E-state index contributed by atoms with van der Waals surface area (Å²) < 4.78 is 0. The van der Waals surface area contributed by atoms with Crippen molar-refractivity contribution < 1.29 is 33.6 Å². The van der Waals surface area contributed by atoms with Crippen LogP contribution in [0.15, 0.2) is 24.6 Å². The summed E-state index contributed by atoms with van der Waals surface area (Å²) in [7, 11) is 1.70. The summed E-state index contributed by atoms with van der Waals surface area (Å²) in [6, 6.07) is 1.08. The van der Waals surface area contributed by atoms with Crippen LogP contribution >= 0.6 is 0 Å². The van der Waals surface area contributed by atoms with Crippen LogP contribution in [0.5, 0.6) is 0 Å². The third kappa shape index (κ3) is 47.0. The number of piperidine rings is 3. The molecule has 0 aliphatic carbocycles. The van der Waals surface area contributed by atoms with E-state index in [4.69, 9.17) is 5.73 Å². The SMILES string of the molecule is C=C(C)NCC1CN(C(C)(C)C)C1.C=C(N)C1CCCN(C(C)(C)C)C1.CC(=O)CCC1CCCN(C(C)(C)C)C1.CC(=O)CCC1CCN(C(C)(C)C)C1.CC(=O)NC1CCCN(C(C)(C)C)C1.CC(=O)NC1CCN(C(C)(C)C)C1.CC(=O)NC1CN(C(C)(C)C)C1.CCC(=O)C1CCN(C(C)(C)C)C1.CNC(=O)C1CN(C(C)(C)C)C1. The molecule has 22 heteroatoms. The van der Waals surface area contributed by atoms with Crippen LogP contribution in [0.25, 0.3) is 0 Å². The molecule has 9 saturated heterocycles. The zero-order valence-electron chi connectivity index (χ0n) is 83.9. The van der Waals surface area contributed by atoms with E-state index >= 15 is 0 Å². The lowest BCUT2D eigenvalue weighted by molar-refractivity contribution is -0.132. The van der Waals surface area contributed by atoms with Gasteiger partial charge in [-0.2, -0.15) is 0 Å². The first kappa shape index (κ1) is 113. The van der Waals surface area contributed by atoms with E-state index in [1.165, 1.54) is 84.3 Å². The standard InChI is InChI=1S/C13H25NO.C12H23NO.C11H22N2O.2C11H22N2.C11H21NO.C10H20N2O.2C9H18N2O/c1-11(15)7-8-12-6-5-9-14(10-12)13(2,3)4;1-10(14)5-6-11-7-8-13(9-11)12(2,3)4;1-9(14)12-10-6-5-7-13(8-10)11(2,3)4;1-9(2)12-6-10-7-13(8-10)11(3,4)5;1-9(12)10-6-5-7-13(8-10)11(2,3)4;1-5-10(13)9-6-7-12(8-9)11(2,3)4;1-8(13)11-9-5-6-12(7-9)10(2,3)4;1-9(2,3)11-5-7(6-11)8(12)10-4;1-7(12)10-8-5-11(6-8)9(2,3)4/h12H,5-10H2,1-4H3;11H,5-9H2,1-4H3;10H,5-8H2,1-4H3,(H,12,14);10,12H,1,6-8H2,2-5H3;10H,1,5-8,12H2,2-4H3;9H,5-8H2,1-4H3;9H,5-7H2,1-4H3,(H,11,13);7H,5-6H2,1-4H3,(H,10,12);8H,5-6H2,1-4H3,(H,10,12). The molecule has 6 atom stereocenters. The minimum absolute atomic E-state index is 0.0774. The summed E-state index contributed by atoms with van der Waals surface area (Å²) in [6.07, 6.45) is 15.2. The Balaban J connectivity index is 0.000000670. The fraction of sp³-hybridized carbons (Fsp3) is 0.887. The normalized spacial score (nSPS) is 23.3. The van der Waals surface area contributed by atoms with E-state index in [0.717, 1.165) is 153 Å². The van der Waals surface area contributed by atoms with Gasteiger partial charge in [-0.25, -0.2) is 0 Å². The van der Waals surface area contributed by atoms with Crippen molar-refractivity contribution in [2.24, 2.45) is 41.2 Å².